The summed E-state index contributed by atoms with van der Waals surface area (Å²) in [6, 6.07) is 20.0. The maximum atomic E-state index is 3.30. The highest BCUT2D eigenvalue weighted by atomic mass is 32.2. The van der Waals surface area contributed by atoms with Crippen LogP contribution in [0.5, 0.6) is 0 Å². The molecule has 1 heteroatoms. The Morgan fingerprint density at radius 3 is 2.75 bits per heavy atom. The quantitative estimate of drug-likeness (QED) is 0.692. The Kier molecular flexibility index (Phi) is 2.55. The Labute approximate surface area is 100 Å². The molecule has 2 aromatic rings. The summed E-state index contributed by atoms with van der Waals surface area (Å²) in [6.45, 7) is 0. The summed E-state index contributed by atoms with van der Waals surface area (Å²) in [5.74, 6) is 0. The monoisotopic (exact) mass is 223 g/mol. The fourth-order valence-electron chi connectivity index (χ4n) is 1.85. The molecule has 1 radical (unpaired) electrons. The molecule has 3 rings (SSSR count). The van der Waals surface area contributed by atoms with Crippen molar-refractivity contribution in [3.63, 3.8) is 0 Å². The van der Waals surface area contributed by atoms with Crippen molar-refractivity contribution in [3.8, 4) is 0 Å². The van der Waals surface area contributed by atoms with Crippen LogP contribution in [0.3, 0.4) is 0 Å². The SMILES string of the molecule is [c]1cccc2c1SC(c1ccccc1)C=C2. The predicted octanol–water partition coefficient (Wildman–Crippen LogP) is 4.35. The molecule has 0 nitrogen and oxygen atoms in total. The van der Waals surface area contributed by atoms with Crippen molar-refractivity contribution in [1.29, 1.82) is 0 Å². The lowest BCUT2D eigenvalue weighted by molar-refractivity contribution is 1.20. The lowest BCUT2D eigenvalue weighted by Crippen LogP contribution is -1.95. The summed E-state index contributed by atoms with van der Waals surface area (Å²) in [7, 11) is 0. The molecule has 0 saturated heterocycles. The number of rotatable bonds is 1. The summed E-state index contributed by atoms with van der Waals surface area (Å²) >= 11 is 1.87. The molecule has 1 heterocycles. The minimum atomic E-state index is 0.423. The van der Waals surface area contributed by atoms with Gasteiger partial charge in [0.25, 0.3) is 0 Å². The van der Waals surface area contributed by atoms with Crippen LogP contribution in [0.15, 0.2) is 59.5 Å². The average Bonchev–Trinajstić information content (AvgIpc) is 2.39. The van der Waals surface area contributed by atoms with E-state index in [-0.39, 0.29) is 0 Å². The third kappa shape index (κ3) is 1.79. The molecule has 0 spiro atoms. The second-order valence-corrected chi connectivity index (χ2v) is 4.91. The van der Waals surface area contributed by atoms with E-state index in [1.54, 1.807) is 0 Å². The van der Waals surface area contributed by atoms with Crippen LogP contribution in [0.4, 0.5) is 0 Å². The van der Waals surface area contributed by atoms with Gasteiger partial charge in [-0.25, -0.2) is 0 Å². The summed E-state index contributed by atoms with van der Waals surface area (Å²) in [4.78, 5) is 1.25. The second-order valence-electron chi connectivity index (χ2n) is 3.76. The molecule has 1 unspecified atom stereocenters. The molecular weight excluding hydrogens is 212 g/mol. The van der Waals surface area contributed by atoms with Crippen molar-refractivity contribution in [2.24, 2.45) is 0 Å². The van der Waals surface area contributed by atoms with E-state index < -0.39 is 0 Å². The third-order valence-electron chi connectivity index (χ3n) is 2.67. The van der Waals surface area contributed by atoms with Crippen LogP contribution in [0.25, 0.3) is 6.08 Å². The van der Waals surface area contributed by atoms with Crippen LogP contribution in [-0.2, 0) is 0 Å². The van der Waals surface area contributed by atoms with Crippen LogP contribution < -0.4 is 0 Å². The molecule has 16 heavy (non-hydrogen) atoms. The van der Waals surface area contributed by atoms with Crippen LogP contribution in [0.1, 0.15) is 16.4 Å². The molecule has 0 saturated carbocycles. The summed E-state index contributed by atoms with van der Waals surface area (Å²) in [5.41, 5.74) is 2.63. The van der Waals surface area contributed by atoms with Crippen molar-refractivity contribution in [3.05, 3.63) is 71.8 Å². The van der Waals surface area contributed by atoms with Crippen LogP contribution in [0, 0.1) is 6.07 Å². The first kappa shape index (κ1) is 9.73. The highest BCUT2D eigenvalue weighted by Gasteiger charge is 2.15. The van der Waals surface area contributed by atoms with Gasteiger partial charge in [-0.3, -0.25) is 0 Å². The molecule has 0 fully saturated rings. The zero-order chi connectivity index (χ0) is 10.8. The minimum absolute atomic E-state index is 0.423. The molecule has 1 aliphatic rings. The van der Waals surface area contributed by atoms with Crippen LogP contribution in [0.2, 0.25) is 0 Å². The fraction of sp³-hybridized carbons (Fsp3) is 0.0667. The first-order chi connectivity index (χ1) is 7.93. The van der Waals surface area contributed by atoms with E-state index in [4.69, 9.17) is 0 Å². The first-order valence-electron chi connectivity index (χ1n) is 5.34. The summed E-state index contributed by atoms with van der Waals surface area (Å²) < 4.78 is 0. The van der Waals surface area contributed by atoms with Gasteiger partial charge in [-0.1, -0.05) is 60.7 Å². The zero-order valence-electron chi connectivity index (χ0n) is 8.76. The fourth-order valence-corrected chi connectivity index (χ4v) is 2.96. The van der Waals surface area contributed by atoms with E-state index in [9.17, 15) is 0 Å². The van der Waals surface area contributed by atoms with E-state index in [1.807, 2.05) is 23.9 Å². The van der Waals surface area contributed by atoms with Gasteiger partial charge in [0.05, 0.1) is 5.25 Å². The second kappa shape index (κ2) is 4.18. The van der Waals surface area contributed by atoms with Crippen LogP contribution in [-0.4, -0.2) is 0 Å². The number of thioether (sulfide) groups is 1. The van der Waals surface area contributed by atoms with Gasteiger partial charge in [-0.15, -0.1) is 11.8 Å². The molecule has 0 bridgehead atoms. The number of fused-ring (bicyclic) bond motifs is 1. The van der Waals surface area contributed by atoms with E-state index in [0.717, 1.165) is 0 Å². The maximum Gasteiger partial charge on any atom is 0.0528 e. The molecule has 1 atom stereocenters. The largest absolute Gasteiger partial charge is 0.112 e. The third-order valence-corrected chi connectivity index (χ3v) is 3.94. The molecule has 0 aromatic heterocycles. The molecule has 0 N–H and O–H groups in total. The summed E-state index contributed by atoms with van der Waals surface area (Å²) in [6.07, 6.45) is 4.45. The van der Waals surface area contributed by atoms with Crippen molar-refractivity contribution in [2.75, 3.05) is 0 Å². The highest BCUT2D eigenvalue weighted by Crippen LogP contribution is 2.41. The average molecular weight is 223 g/mol. The van der Waals surface area contributed by atoms with Crippen molar-refractivity contribution >= 4 is 17.8 Å². The Morgan fingerprint density at radius 1 is 1.00 bits per heavy atom. The van der Waals surface area contributed by atoms with Gasteiger partial charge in [-0.2, -0.15) is 0 Å². The Balaban J connectivity index is 1.95. The van der Waals surface area contributed by atoms with Gasteiger partial charge >= 0.3 is 0 Å². The number of hydrogen-bond donors (Lipinski definition) is 0. The van der Waals surface area contributed by atoms with Gasteiger partial charge in [0.15, 0.2) is 0 Å². The van der Waals surface area contributed by atoms with Crippen molar-refractivity contribution in [2.45, 2.75) is 10.1 Å². The standard InChI is InChI=1S/C15H11S/c1-2-6-12(7-3-1)15-11-10-13-8-4-5-9-14(13)16-15/h1-8,10-11,15H. The highest BCUT2D eigenvalue weighted by molar-refractivity contribution is 7.99. The molecule has 0 amide bonds. The number of hydrogen-bond acceptors (Lipinski definition) is 1. The van der Waals surface area contributed by atoms with E-state index >= 15 is 0 Å². The Hall–Kier alpha value is -1.47. The van der Waals surface area contributed by atoms with Gasteiger partial charge in [0.2, 0.25) is 0 Å². The summed E-state index contributed by atoms with van der Waals surface area (Å²) in [5, 5.41) is 0.423. The Morgan fingerprint density at radius 2 is 1.88 bits per heavy atom. The van der Waals surface area contributed by atoms with Gasteiger partial charge in [0, 0.05) is 4.90 Å². The minimum Gasteiger partial charge on any atom is -0.112 e. The smallest absolute Gasteiger partial charge is 0.0528 e. The lowest BCUT2D eigenvalue weighted by atomic mass is 10.1. The maximum absolute atomic E-state index is 3.30. The van der Waals surface area contributed by atoms with Gasteiger partial charge < -0.3 is 0 Å². The molecular formula is C15H11S. The van der Waals surface area contributed by atoms with Crippen molar-refractivity contribution < 1.29 is 0 Å². The first-order valence-corrected chi connectivity index (χ1v) is 6.22. The normalized spacial score (nSPS) is 18.1. The van der Waals surface area contributed by atoms with Crippen molar-refractivity contribution in [1.82, 2.24) is 0 Å². The van der Waals surface area contributed by atoms with Gasteiger partial charge in [-0.05, 0) is 17.2 Å². The molecule has 77 valence electrons. The van der Waals surface area contributed by atoms with Gasteiger partial charge in [0.1, 0.15) is 0 Å². The van der Waals surface area contributed by atoms with Crippen LogP contribution >= 0.6 is 11.8 Å². The lowest BCUT2D eigenvalue weighted by Gasteiger charge is -2.18. The molecule has 2 aromatic carbocycles. The molecule has 1 aliphatic heterocycles. The number of benzene rings is 2. The Bertz CT molecular complexity index is 514. The van der Waals surface area contributed by atoms with E-state index in [0.29, 0.717) is 5.25 Å². The van der Waals surface area contributed by atoms with E-state index in [2.05, 4.69) is 54.6 Å². The van der Waals surface area contributed by atoms with E-state index in [1.165, 1.54) is 16.0 Å². The molecule has 0 aliphatic carbocycles. The predicted molar refractivity (Wildman–Crippen MR) is 69.4 cm³/mol. The topological polar surface area (TPSA) is 0 Å². The zero-order valence-corrected chi connectivity index (χ0v) is 9.58.